The molecule has 1 aliphatic heterocycles. The summed E-state index contributed by atoms with van der Waals surface area (Å²) >= 11 is 5.91. The molecule has 1 saturated heterocycles. The molecule has 0 aliphatic carbocycles. The summed E-state index contributed by atoms with van der Waals surface area (Å²) < 4.78 is 0. The molecule has 94 valence electrons. The number of halogens is 1. The van der Waals surface area contributed by atoms with Crippen LogP contribution in [0.5, 0.6) is 0 Å². The van der Waals surface area contributed by atoms with Crippen molar-refractivity contribution in [3.63, 3.8) is 0 Å². The molecule has 0 radical (unpaired) electrons. The number of anilines is 1. The molecule has 0 aromatic heterocycles. The number of hydrogen-bond acceptors (Lipinski definition) is 3. The summed E-state index contributed by atoms with van der Waals surface area (Å²) in [5.74, 6) is 0. The highest BCUT2D eigenvalue weighted by Crippen LogP contribution is 2.27. The number of piperazine rings is 1. The first-order valence-electron chi connectivity index (χ1n) is 5.90. The van der Waals surface area contributed by atoms with Crippen molar-refractivity contribution in [2.45, 2.75) is 25.4 Å². The molecule has 1 fully saturated rings. The first-order chi connectivity index (χ1) is 8.03. The normalized spacial score (nSPS) is 23.8. The van der Waals surface area contributed by atoms with Gasteiger partial charge in [0.1, 0.15) is 0 Å². The second kappa shape index (κ2) is 4.84. The smallest absolute Gasteiger partial charge is 0.0601 e. The predicted octanol–water partition coefficient (Wildman–Crippen LogP) is 1.89. The third-order valence-corrected chi connectivity index (χ3v) is 3.57. The Labute approximate surface area is 107 Å². The lowest BCUT2D eigenvalue weighted by molar-refractivity contribution is 0.210. The van der Waals surface area contributed by atoms with Crippen molar-refractivity contribution < 1.29 is 5.11 Å². The van der Waals surface area contributed by atoms with Gasteiger partial charge in [-0.1, -0.05) is 11.6 Å². The molecule has 17 heavy (non-hydrogen) atoms. The lowest BCUT2D eigenvalue weighted by Crippen LogP contribution is -2.63. The molecule has 1 unspecified atom stereocenters. The maximum Gasteiger partial charge on any atom is 0.0601 e. The van der Waals surface area contributed by atoms with Crippen molar-refractivity contribution in [1.29, 1.82) is 0 Å². The minimum Gasteiger partial charge on any atom is -0.395 e. The zero-order valence-corrected chi connectivity index (χ0v) is 11.0. The molecular formula is C13H19ClN2O. The fraction of sp³-hybridized carbons (Fsp3) is 0.538. The Hall–Kier alpha value is -0.770. The summed E-state index contributed by atoms with van der Waals surface area (Å²) in [5.41, 5.74) is 1.19. The van der Waals surface area contributed by atoms with E-state index in [2.05, 4.69) is 24.1 Å². The van der Waals surface area contributed by atoms with E-state index in [0.29, 0.717) is 0 Å². The third-order valence-electron chi connectivity index (χ3n) is 3.32. The number of aliphatic hydroxyl groups excluding tert-OH is 1. The summed E-state index contributed by atoms with van der Waals surface area (Å²) in [5, 5.41) is 13.4. The number of nitrogens with zero attached hydrogens (tertiary/aromatic N) is 1. The van der Waals surface area contributed by atoms with E-state index in [-0.39, 0.29) is 18.2 Å². The van der Waals surface area contributed by atoms with Crippen LogP contribution < -0.4 is 10.2 Å². The molecule has 2 N–H and O–H groups in total. The van der Waals surface area contributed by atoms with Crippen LogP contribution >= 0.6 is 11.6 Å². The number of rotatable bonds is 2. The van der Waals surface area contributed by atoms with Gasteiger partial charge in [-0.3, -0.25) is 0 Å². The molecule has 0 amide bonds. The van der Waals surface area contributed by atoms with E-state index < -0.39 is 0 Å². The van der Waals surface area contributed by atoms with Crippen LogP contribution in [0.2, 0.25) is 5.02 Å². The Morgan fingerprint density at radius 1 is 1.41 bits per heavy atom. The Balaban J connectivity index is 2.23. The minimum absolute atomic E-state index is 0.0412. The number of aliphatic hydroxyl groups is 1. The quantitative estimate of drug-likeness (QED) is 0.846. The monoisotopic (exact) mass is 254 g/mol. The molecule has 1 aromatic rings. The van der Waals surface area contributed by atoms with Gasteiger partial charge in [-0.25, -0.2) is 0 Å². The van der Waals surface area contributed by atoms with E-state index >= 15 is 0 Å². The van der Waals surface area contributed by atoms with Gasteiger partial charge < -0.3 is 15.3 Å². The number of hydrogen-bond donors (Lipinski definition) is 2. The lowest BCUT2D eigenvalue weighted by atomic mass is 9.96. The van der Waals surface area contributed by atoms with Gasteiger partial charge >= 0.3 is 0 Å². The van der Waals surface area contributed by atoms with Gasteiger partial charge in [0, 0.05) is 35.4 Å². The summed E-state index contributed by atoms with van der Waals surface area (Å²) in [6.07, 6.45) is 0. The van der Waals surface area contributed by atoms with Crippen molar-refractivity contribution >= 4 is 17.3 Å². The van der Waals surface area contributed by atoms with Crippen molar-refractivity contribution in [3.8, 4) is 0 Å². The van der Waals surface area contributed by atoms with Crippen LogP contribution in [0.25, 0.3) is 0 Å². The van der Waals surface area contributed by atoms with Crippen LogP contribution in [0, 0.1) is 0 Å². The number of benzene rings is 1. The average Bonchev–Trinajstić information content (AvgIpc) is 2.30. The van der Waals surface area contributed by atoms with Gasteiger partial charge in [-0.15, -0.1) is 0 Å². The summed E-state index contributed by atoms with van der Waals surface area (Å²) in [4.78, 5) is 2.32. The Morgan fingerprint density at radius 3 is 2.65 bits per heavy atom. The average molecular weight is 255 g/mol. The molecular weight excluding hydrogens is 236 g/mol. The number of nitrogens with one attached hydrogen (secondary N) is 1. The van der Waals surface area contributed by atoms with Crippen LogP contribution in [0.4, 0.5) is 5.69 Å². The van der Waals surface area contributed by atoms with Crippen molar-refractivity contribution in [2.24, 2.45) is 0 Å². The van der Waals surface area contributed by atoms with Gasteiger partial charge in [0.15, 0.2) is 0 Å². The fourth-order valence-corrected chi connectivity index (χ4v) is 2.35. The van der Waals surface area contributed by atoms with Crippen LogP contribution in [0.1, 0.15) is 13.8 Å². The van der Waals surface area contributed by atoms with Crippen LogP contribution in [-0.4, -0.2) is 36.4 Å². The van der Waals surface area contributed by atoms with E-state index in [0.717, 1.165) is 23.8 Å². The van der Waals surface area contributed by atoms with Gasteiger partial charge in [0.25, 0.3) is 0 Å². The highest BCUT2D eigenvalue weighted by Gasteiger charge is 2.33. The van der Waals surface area contributed by atoms with Gasteiger partial charge in [-0.2, -0.15) is 0 Å². The van der Waals surface area contributed by atoms with Crippen LogP contribution in [0.3, 0.4) is 0 Å². The summed E-state index contributed by atoms with van der Waals surface area (Å²) in [7, 11) is 0. The molecule has 3 nitrogen and oxygen atoms in total. The Kier molecular flexibility index (Phi) is 3.61. The second-order valence-corrected chi connectivity index (χ2v) is 5.60. The molecule has 1 atom stereocenters. The van der Waals surface area contributed by atoms with E-state index in [4.69, 9.17) is 11.6 Å². The highest BCUT2D eigenvalue weighted by atomic mass is 35.5. The fourth-order valence-electron chi connectivity index (χ4n) is 2.22. The van der Waals surface area contributed by atoms with Crippen LogP contribution in [0.15, 0.2) is 24.3 Å². The molecule has 1 aliphatic rings. The molecule has 0 saturated carbocycles. The predicted molar refractivity (Wildman–Crippen MR) is 71.8 cm³/mol. The van der Waals surface area contributed by atoms with E-state index in [1.807, 2.05) is 24.3 Å². The minimum atomic E-state index is 0.0412. The van der Waals surface area contributed by atoms with E-state index in [1.165, 1.54) is 0 Å². The van der Waals surface area contributed by atoms with E-state index in [1.54, 1.807) is 0 Å². The highest BCUT2D eigenvalue weighted by molar-refractivity contribution is 6.30. The van der Waals surface area contributed by atoms with Crippen molar-refractivity contribution in [1.82, 2.24) is 5.32 Å². The van der Waals surface area contributed by atoms with Gasteiger partial charge in [0.2, 0.25) is 0 Å². The van der Waals surface area contributed by atoms with Crippen molar-refractivity contribution in [2.75, 3.05) is 24.6 Å². The Morgan fingerprint density at radius 2 is 2.06 bits per heavy atom. The first kappa shape index (κ1) is 12.7. The summed E-state index contributed by atoms with van der Waals surface area (Å²) in [6, 6.07) is 8.01. The zero-order valence-electron chi connectivity index (χ0n) is 10.3. The largest absolute Gasteiger partial charge is 0.395 e. The van der Waals surface area contributed by atoms with Gasteiger partial charge in [-0.05, 0) is 38.1 Å². The Bertz CT molecular complexity index is 378. The van der Waals surface area contributed by atoms with Crippen molar-refractivity contribution in [3.05, 3.63) is 29.3 Å². The van der Waals surface area contributed by atoms with Gasteiger partial charge in [0.05, 0.1) is 6.61 Å². The first-order valence-corrected chi connectivity index (χ1v) is 6.28. The standard InChI is InChI=1S/C13H19ClN2O/c1-13(2)9-15-11(8-17)7-16(13)12-5-3-10(14)4-6-12/h3-6,11,15,17H,7-9H2,1-2H3. The van der Waals surface area contributed by atoms with E-state index in [9.17, 15) is 5.11 Å². The SMILES string of the molecule is CC1(C)CNC(CO)CN1c1ccc(Cl)cc1. The maximum absolute atomic E-state index is 9.26. The van der Waals surface area contributed by atoms with Crippen LogP contribution in [-0.2, 0) is 0 Å². The lowest BCUT2D eigenvalue weighted by Gasteiger charge is -2.47. The molecule has 1 heterocycles. The zero-order chi connectivity index (χ0) is 12.5. The molecule has 2 rings (SSSR count). The molecule has 1 aromatic carbocycles. The second-order valence-electron chi connectivity index (χ2n) is 5.16. The molecule has 4 heteroatoms. The third kappa shape index (κ3) is 2.73. The maximum atomic E-state index is 9.26. The molecule has 0 spiro atoms. The molecule has 0 bridgehead atoms. The summed E-state index contributed by atoms with van der Waals surface area (Å²) in [6.45, 7) is 6.23. The topological polar surface area (TPSA) is 35.5 Å².